The van der Waals surface area contributed by atoms with E-state index in [2.05, 4.69) is 10.6 Å². The summed E-state index contributed by atoms with van der Waals surface area (Å²) < 4.78 is 10.5. The molecule has 3 rings (SSSR count). The Bertz CT molecular complexity index is 1030. The van der Waals surface area contributed by atoms with Gasteiger partial charge in [-0.2, -0.15) is 0 Å². The van der Waals surface area contributed by atoms with Gasteiger partial charge in [0, 0.05) is 10.8 Å². The second-order valence-corrected chi connectivity index (χ2v) is 9.43. The number of carbonyl (C=O) groups excluding carboxylic acids is 3. The van der Waals surface area contributed by atoms with Gasteiger partial charge in [-0.25, -0.2) is 4.79 Å². The number of methoxy groups -OCH3 is 1. The molecule has 2 amide bonds. The number of hydrogen-bond donors (Lipinski definition) is 2. The molecule has 0 unspecified atom stereocenters. The number of benzene rings is 1. The maximum atomic E-state index is 12.8. The molecule has 9 heteroatoms. The first-order valence-electron chi connectivity index (χ1n) is 11.6. The van der Waals surface area contributed by atoms with Gasteiger partial charge in [0.2, 0.25) is 11.8 Å². The first-order valence-corrected chi connectivity index (χ1v) is 12.4. The Balaban J connectivity index is 1.54. The highest BCUT2D eigenvalue weighted by atomic mass is 32.1. The molecule has 2 N–H and O–H groups in total. The minimum Gasteiger partial charge on any atom is -0.495 e. The molecule has 1 aliphatic heterocycles. The number of nitrogens with one attached hydrogen (secondary N) is 2. The first-order chi connectivity index (χ1) is 16.4. The lowest BCUT2D eigenvalue weighted by Gasteiger charge is -2.30. The Kier molecular flexibility index (Phi) is 9.06. The van der Waals surface area contributed by atoms with Crippen molar-refractivity contribution in [2.45, 2.75) is 40.0 Å². The molecule has 1 aromatic heterocycles. The first kappa shape index (κ1) is 25.7. The average Bonchev–Trinajstić information content (AvgIpc) is 3.14. The van der Waals surface area contributed by atoms with Crippen LogP contribution in [0.1, 0.15) is 47.5 Å². The highest BCUT2D eigenvalue weighted by Crippen LogP contribution is 2.34. The molecule has 8 nitrogen and oxygen atoms in total. The summed E-state index contributed by atoms with van der Waals surface area (Å²) in [6, 6.07) is 7.33. The second-order valence-electron chi connectivity index (χ2n) is 8.20. The van der Waals surface area contributed by atoms with Crippen LogP contribution in [-0.4, -0.2) is 56.0 Å². The fraction of sp³-hybridized carbons (Fsp3) is 0.480. The molecule has 0 saturated carbocycles. The number of amides is 2. The molecule has 0 aliphatic carbocycles. The smallest absolute Gasteiger partial charge is 0.341 e. The van der Waals surface area contributed by atoms with Gasteiger partial charge in [0.25, 0.3) is 0 Å². The highest BCUT2D eigenvalue weighted by Gasteiger charge is 2.28. The van der Waals surface area contributed by atoms with Crippen LogP contribution >= 0.6 is 11.3 Å². The van der Waals surface area contributed by atoms with Gasteiger partial charge in [-0.15, -0.1) is 11.3 Å². The van der Waals surface area contributed by atoms with Crippen LogP contribution in [0.4, 0.5) is 10.7 Å². The van der Waals surface area contributed by atoms with Gasteiger partial charge in [-0.05, 0) is 63.9 Å². The van der Waals surface area contributed by atoms with E-state index in [4.69, 9.17) is 9.47 Å². The number of ether oxygens (including phenoxy) is 2. The predicted molar refractivity (Wildman–Crippen MR) is 134 cm³/mol. The van der Waals surface area contributed by atoms with Crippen LogP contribution in [0.15, 0.2) is 24.3 Å². The Morgan fingerprint density at radius 2 is 1.82 bits per heavy atom. The molecule has 1 aliphatic rings. The standard InChI is InChI=1S/C25H33N3O5S/c1-5-18-16(3)34-24(22(18)25(31)33-6-2)27-21(29)15-28-13-11-17(12-14-28)23(30)26-19-9-7-8-10-20(19)32-4/h7-10,17H,5-6,11-15H2,1-4H3,(H,26,30)(H,27,29). The third-order valence-electron chi connectivity index (χ3n) is 5.99. The molecule has 184 valence electrons. The van der Waals surface area contributed by atoms with E-state index in [1.807, 2.05) is 43.0 Å². The second kappa shape index (κ2) is 12.0. The number of nitrogens with zero attached hydrogens (tertiary/aromatic N) is 1. The Morgan fingerprint density at radius 3 is 2.47 bits per heavy atom. The molecular weight excluding hydrogens is 454 g/mol. The largest absolute Gasteiger partial charge is 0.495 e. The fourth-order valence-corrected chi connectivity index (χ4v) is 5.37. The number of thiophene rings is 1. The van der Waals surface area contributed by atoms with Crippen LogP contribution in [0.3, 0.4) is 0 Å². The van der Waals surface area contributed by atoms with Gasteiger partial charge in [0.05, 0.1) is 31.5 Å². The molecule has 0 spiro atoms. The number of para-hydroxylation sites is 2. The van der Waals surface area contributed by atoms with Crippen LogP contribution in [0, 0.1) is 12.8 Å². The molecule has 34 heavy (non-hydrogen) atoms. The van der Waals surface area contributed by atoms with Crippen molar-refractivity contribution >= 4 is 39.8 Å². The zero-order valence-electron chi connectivity index (χ0n) is 20.2. The molecule has 2 aromatic rings. The molecule has 1 aromatic carbocycles. The lowest BCUT2D eigenvalue weighted by Crippen LogP contribution is -2.41. The summed E-state index contributed by atoms with van der Waals surface area (Å²) in [6.45, 7) is 7.48. The van der Waals surface area contributed by atoms with Gasteiger partial charge < -0.3 is 20.1 Å². The molecule has 0 radical (unpaired) electrons. The Hall–Kier alpha value is -2.91. The topological polar surface area (TPSA) is 97.0 Å². The van der Waals surface area contributed by atoms with Gasteiger partial charge in [0.15, 0.2) is 0 Å². The minimum atomic E-state index is -0.402. The predicted octanol–water partition coefficient (Wildman–Crippen LogP) is 4.09. The average molecular weight is 488 g/mol. The number of hydrogen-bond acceptors (Lipinski definition) is 7. The monoisotopic (exact) mass is 487 g/mol. The summed E-state index contributed by atoms with van der Waals surface area (Å²) in [5.74, 6) is -0.102. The van der Waals surface area contributed by atoms with E-state index in [1.165, 1.54) is 11.3 Å². The van der Waals surface area contributed by atoms with E-state index < -0.39 is 5.97 Å². The van der Waals surface area contributed by atoms with Crippen molar-refractivity contribution < 1.29 is 23.9 Å². The lowest BCUT2D eigenvalue weighted by molar-refractivity contribution is -0.121. The third-order valence-corrected chi connectivity index (χ3v) is 7.05. The van der Waals surface area contributed by atoms with Crippen molar-refractivity contribution in [1.82, 2.24) is 4.90 Å². The zero-order chi connectivity index (χ0) is 24.7. The summed E-state index contributed by atoms with van der Waals surface area (Å²) >= 11 is 1.40. The number of rotatable bonds is 9. The minimum absolute atomic E-state index is 0.0335. The van der Waals surface area contributed by atoms with Crippen molar-refractivity contribution in [2.24, 2.45) is 5.92 Å². The Morgan fingerprint density at radius 1 is 1.12 bits per heavy atom. The molecule has 1 saturated heterocycles. The molecule has 2 heterocycles. The van der Waals surface area contributed by atoms with Gasteiger partial charge in [-0.1, -0.05) is 19.1 Å². The Labute approximate surface area is 204 Å². The van der Waals surface area contributed by atoms with E-state index in [1.54, 1.807) is 14.0 Å². The number of aryl methyl sites for hydroxylation is 1. The van der Waals surface area contributed by atoms with Gasteiger partial charge >= 0.3 is 5.97 Å². The molecule has 0 bridgehead atoms. The van der Waals surface area contributed by atoms with Crippen molar-refractivity contribution in [3.63, 3.8) is 0 Å². The maximum absolute atomic E-state index is 12.8. The van der Waals surface area contributed by atoms with Crippen molar-refractivity contribution in [3.05, 3.63) is 40.3 Å². The van der Waals surface area contributed by atoms with Crippen LogP contribution in [-0.2, 0) is 20.7 Å². The lowest BCUT2D eigenvalue weighted by atomic mass is 9.95. The summed E-state index contributed by atoms with van der Waals surface area (Å²) in [7, 11) is 1.57. The van der Waals surface area contributed by atoms with Crippen LogP contribution < -0.4 is 15.4 Å². The zero-order valence-corrected chi connectivity index (χ0v) is 21.0. The molecular formula is C25H33N3O5S. The third kappa shape index (κ3) is 6.15. The maximum Gasteiger partial charge on any atom is 0.341 e. The van der Waals surface area contributed by atoms with Crippen molar-refractivity contribution in [3.8, 4) is 5.75 Å². The highest BCUT2D eigenvalue weighted by molar-refractivity contribution is 7.16. The van der Waals surface area contributed by atoms with E-state index in [0.717, 1.165) is 10.4 Å². The van der Waals surface area contributed by atoms with Crippen LogP contribution in [0.5, 0.6) is 5.75 Å². The number of anilines is 2. The molecule has 1 fully saturated rings. The van der Waals surface area contributed by atoms with E-state index in [0.29, 0.717) is 54.4 Å². The fourth-order valence-electron chi connectivity index (χ4n) is 4.22. The molecule has 0 atom stereocenters. The van der Waals surface area contributed by atoms with Crippen molar-refractivity contribution in [2.75, 3.05) is 44.0 Å². The SMILES string of the molecule is CCOC(=O)c1c(NC(=O)CN2CCC(C(=O)Nc3ccccc3OC)CC2)sc(C)c1CC. The van der Waals surface area contributed by atoms with Crippen LogP contribution in [0.2, 0.25) is 0 Å². The van der Waals surface area contributed by atoms with Gasteiger partial charge in [-0.3, -0.25) is 14.5 Å². The summed E-state index contributed by atoms with van der Waals surface area (Å²) in [5.41, 5.74) is 2.04. The van der Waals surface area contributed by atoms with Gasteiger partial charge in [0.1, 0.15) is 10.8 Å². The summed E-state index contributed by atoms with van der Waals surface area (Å²) in [5, 5.41) is 6.42. The van der Waals surface area contributed by atoms with Crippen LogP contribution in [0.25, 0.3) is 0 Å². The number of piperidine rings is 1. The van der Waals surface area contributed by atoms with E-state index in [-0.39, 0.29) is 30.9 Å². The quantitative estimate of drug-likeness (QED) is 0.517. The van der Waals surface area contributed by atoms with E-state index >= 15 is 0 Å². The number of likely N-dealkylation sites (tertiary alicyclic amines) is 1. The summed E-state index contributed by atoms with van der Waals surface area (Å²) in [4.78, 5) is 41.0. The van der Waals surface area contributed by atoms with E-state index in [9.17, 15) is 14.4 Å². The summed E-state index contributed by atoms with van der Waals surface area (Å²) in [6.07, 6.45) is 2.03. The number of carbonyl (C=O) groups is 3. The normalized spacial score (nSPS) is 14.5. The van der Waals surface area contributed by atoms with Crippen molar-refractivity contribution in [1.29, 1.82) is 0 Å². The number of esters is 1.